The van der Waals surface area contributed by atoms with Gasteiger partial charge in [-0.25, -0.2) is 0 Å². The van der Waals surface area contributed by atoms with Crippen LogP contribution in [0.3, 0.4) is 0 Å². The molecular weight excluding hydrogens is 333 g/mol. The van der Waals surface area contributed by atoms with Gasteiger partial charge in [0, 0.05) is 37.2 Å². The summed E-state index contributed by atoms with van der Waals surface area (Å²) >= 11 is 6.29. The lowest BCUT2D eigenvalue weighted by Gasteiger charge is -2.39. The fraction of sp³-hybridized carbons (Fsp3) is 0.588. The number of rotatable bonds is 4. The van der Waals surface area contributed by atoms with E-state index in [1.165, 1.54) is 0 Å². The lowest BCUT2D eigenvalue weighted by Crippen LogP contribution is -2.54. The third-order valence-corrected chi connectivity index (χ3v) is 4.88. The van der Waals surface area contributed by atoms with Crippen LogP contribution in [0.5, 0.6) is 0 Å². The van der Waals surface area contributed by atoms with E-state index in [9.17, 15) is 4.79 Å². The summed E-state index contributed by atoms with van der Waals surface area (Å²) in [4.78, 5) is 16.6. The van der Waals surface area contributed by atoms with Crippen LogP contribution in [0.2, 0.25) is 5.02 Å². The Balaban J connectivity index is 0.00000264. The summed E-state index contributed by atoms with van der Waals surface area (Å²) < 4.78 is 0. The van der Waals surface area contributed by atoms with E-state index < -0.39 is 6.04 Å². The lowest BCUT2D eigenvalue weighted by molar-refractivity contribution is -0.135. The Morgan fingerprint density at radius 3 is 2.22 bits per heavy atom. The maximum atomic E-state index is 12.3. The molecule has 0 saturated carbocycles. The average molecular weight is 360 g/mol. The fourth-order valence-electron chi connectivity index (χ4n) is 2.84. The zero-order chi connectivity index (χ0) is 16.3. The van der Waals surface area contributed by atoms with E-state index in [4.69, 9.17) is 17.3 Å². The van der Waals surface area contributed by atoms with Gasteiger partial charge in [0.1, 0.15) is 0 Å². The molecule has 1 aromatic rings. The van der Waals surface area contributed by atoms with Crippen LogP contribution in [0.25, 0.3) is 0 Å². The molecular formula is C17H27Cl2N3O. The van der Waals surface area contributed by atoms with Crippen molar-refractivity contribution in [3.05, 3.63) is 34.9 Å². The standard InChI is InChI=1S/C17H26ClN3O.ClH/c1-12(2)16(19)17(22)21-10-8-20(9-11-21)13(3)14-6-4-5-7-15(14)18;/h4-7,12-13,16H,8-11,19H2,1-3H3;1H/t13?,16-;/m0./s1. The molecule has 0 aliphatic carbocycles. The molecule has 2 rings (SSSR count). The molecule has 1 aliphatic heterocycles. The molecule has 1 heterocycles. The van der Waals surface area contributed by atoms with Crippen molar-refractivity contribution in [2.24, 2.45) is 11.7 Å². The largest absolute Gasteiger partial charge is 0.339 e. The molecule has 1 amide bonds. The van der Waals surface area contributed by atoms with Crippen LogP contribution in [-0.4, -0.2) is 47.9 Å². The van der Waals surface area contributed by atoms with Gasteiger partial charge in [0.25, 0.3) is 0 Å². The van der Waals surface area contributed by atoms with Crippen molar-refractivity contribution in [3.8, 4) is 0 Å². The third-order valence-electron chi connectivity index (χ3n) is 4.53. The van der Waals surface area contributed by atoms with Crippen LogP contribution in [0.4, 0.5) is 0 Å². The second kappa shape index (κ2) is 8.88. The fourth-order valence-corrected chi connectivity index (χ4v) is 3.13. The average Bonchev–Trinajstić information content (AvgIpc) is 2.53. The molecule has 2 atom stereocenters. The Hall–Kier alpha value is -0.810. The monoisotopic (exact) mass is 359 g/mol. The number of nitrogens with two attached hydrogens (primary N) is 1. The summed E-state index contributed by atoms with van der Waals surface area (Å²) in [5.74, 6) is 0.243. The molecule has 1 saturated heterocycles. The SMILES string of the molecule is CC(C)[C@H](N)C(=O)N1CCN(C(C)c2ccccc2Cl)CC1.Cl. The Labute approximate surface area is 150 Å². The molecule has 0 radical (unpaired) electrons. The van der Waals surface area contributed by atoms with Crippen molar-refractivity contribution in [2.75, 3.05) is 26.2 Å². The van der Waals surface area contributed by atoms with Gasteiger partial charge in [-0.05, 0) is 24.5 Å². The van der Waals surface area contributed by atoms with Gasteiger partial charge in [-0.3, -0.25) is 9.69 Å². The number of benzene rings is 1. The Morgan fingerprint density at radius 1 is 1.13 bits per heavy atom. The molecule has 1 aliphatic rings. The number of carbonyl (C=O) groups is 1. The van der Waals surface area contributed by atoms with Crippen LogP contribution < -0.4 is 5.73 Å². The first-order valence-electron chi connectivity index (χ1n) is 7.94. The van der Waals surface area contributed by atoms with E-state index in [0.29, 0.717) is 0 Å². The van der Waals surface area contributed by atoms with Gasteiger partial charge in [-0.15, -0.1) is 12.4 Å². The zero-order valence-electron chi connectivity index (χ0n) is 14.0. The van der Waals surface area contributed by atoms with Crippen LogP contribution in [0.15, 0.2) is 24.3 Å². The van der Waals surface area contributed by atoms with Gasteiger partial charge in [0.15, 0.2) is 0 Å². The van der Waals surface area contributed by atoms with Gasteiger partial charge in [-0.2, -0.15) is 0 Å². The van der Waals surface area contributed by atoms with Crippen molar-refractivity contribution in [1.82, 2.24) is 9.80 Å². The number of carbonyl (C=O) groups excluding carboxylic acids is 1. The summed E-state index contributed by atoms with van der Waals surface area (Å²) in [5.41, 5.74) is 7.12. The predicted octanol–water partition coefficient (Wildman–Crippen LogP) is 2.95. The topological polar surface area (TPSA) is 49.6 Å². The van der Waals surface area contributed by atoms with Crippen LogP contribution in [0, 0.1) is 5.92 Å². The smallest absolute Gasteiger partial charge is 0.239 e. The van der Waals surface area contributed by atoms with Gasteiger partial charge in [0.05, 0.1) is 6.04 Å². The summed E-state index contributed by atoms with van der Waals surface area (Å²) in [5, 5.41) is 0.801. The zero-order valence-corrected chi connectivity index (χ0v) is 15.6. The highest BCUT2D eigenvalue weighted by Gasteiger charge is 2.29. The second-order valence-corrected chi connectivity index (χ2v) is 6.74. The molecule has 130 valence electrons. The van der Waals surface area contributed by atoms with E-state index >= 15 is 0 Å². The minimum Gasteiger partial charge on any atom is -0.339 e. The molecule has 1 fully saturated rings. The molecule has 23 heavy (non-hydrogen) atoms. The third kappa shape index (κ3) is 4.83. The molecule has 1 aromatic carbocycles. The maximum absolute atomic E-state index is 12.3. The molecule has 0 aromatic heterocycles. The summed E-state index contributed by atoms with van der Waals surface area (Å²) in [6.07, 6.45) is 0. The van der Waals surface area contributed by atoms with Gasteiger partial charge >= 0.3 is 0 Å². The van der Waals surface area contributed by atoms with Crippen LogP contribution in [0.1, 0.15) is 32.4 Å². The van der Waals surface area contributed by atoms with E-state index in [0.717, 1.165) is 36.8 Å². The quantitative estimate of drug-likeness (QED) is 0.898. The number of piperazine rings is 1. The minimum absolute atomic E-state index is 0. The van der Waals surface area contributed by atoms with Crippen molar-refractivity contribution < 1.29 is 4.79 Å². The lowest BCUT2D eigenvalue weighted by atomic mass is 10.0. The van der Waals surface area contributed by atoms with E-state index in [1.807, 2.05) is 36.9 Å². The van der Waals surface area contributed by atoms with Gasteiger partial charge < -0.3 is 10.6 Å². The van der Waals surface area contributed by atoms with Gasteiger partial charge in [0.2, 0.25) is 5.91 Å². The molecule has 0 spiro atoms. The molecule has 6 heteroatoms. The normalized spacial score (nSPS) is 18.4. The first-order valence-corrected chi connectivity index (χ1v) is 8.32. The highest BCUT2D eigenvalue weighted by Crippen LogP contribution is 2.27. The number of halogens is 2. The first-order chi connectivity index (χ1) is 10.4. The van der Waals surface area contributed by atoms with Crippen molar-refractivity contribution in [2.45, 2.75) is 32.9 Å². The van der Waals surface area contributed by atoms with Crippen molar-refractivity contribution in [3.63, 3.8) is 0 Å². The Morgan fingerprint density at radius 2 is 1.70 bits per heavy atom. The Bertz CT molecular complexity index is 516. The number of amides is 1. The maximum Gasteiger partial charge on any atom is 0.239 e. The van der Waals surface area contributed by atoms with E-state index in [-0.39, 0.29) is 30.3 Å². The summed E-state index contributed by atoms with van der Waals surface area (Å²) in [7, 11) is 0. The highest BCUT2D eigenvalue weighted by molar-refractivity contribution is 6.31. The van der Waals surface area contributed by atoms with Crippen LogP contribution >= 0.6 is 24.0 Å². The highest BCUT2D eigenvalue weighted by atomic mass is 35.5. The first kappa shape index (κ1) is 20.2. The van der Waals surface area contributed by atoms with Crippen molar-refractivity contribution >= 4 is 29.9 Å². The van der Waals surface area contributed by atoms with Gasteiger partial charge in [-0.1, -0.05) is 43.6 Å². The van der Waals surface area contributed by atoms with E-state index in [1.54, 1.807) is 0 Å². The summed E-state index contributed by atoms with van der Waals surface area (Å²) in [6.45, 7) is 9.29. The molecule has 1 unspecified atom stereocenters. The number of nitrogens with zero attached hydrogens (tertiary/aromatic N) is 2. The predicted molar refractivity (Wildman–Crippen MR) is 98.1 cm³/mol. The summed E-state index contributed by atoms with van der Waals surface area (Å²) in [6, 6.07) is 7.81. The minimum atomic E-state index is -0.396. The van der Waals surface area contributed by atoms with Crippen LogP contribution in [-0.2, 0) is 4.79 Å². The molecule has 0 bridgehead atoms. The Kier molecular flexibility index (Phi) is 7.81. The molecule has 4 nitrogen and oxygen atoms in total. The molecule has 2 N–H and O–H groups in total. The number of hydrogen-bond donors (Lipinski definition) is 1. The second-order valence-electron chi connectivity index (χ2n) is 6.33. The van der Waals surface area contributed by atoms with Crippen molar-refractivity contribution in [1.29, 1.82) is 0 Å². The van der Waals surface area contributed by atoms with E-state index in [2.05, 4.69) is 17.9 Å². The number of hydrogen-bond acceptors (Lipinski definition) is 3.